The summed E-state index contributed by atoms with van der Waals surface area (Å²) in [6, 6.07) is 16.6. The molecule has 8 nitrogen and oxygen atoms in total. The zero-order valence-electron chi connectivity index (χ0n) is 17.3. The summed E-state index contributed by atoms with van der Waals surface area (Å²) in [6.45, 7) is 2.05. The van der Waals surface area contributed by atoms with Crippen LogP contribution < -0.4 is 5.32 Å². The van der Waals surface area contributed by atoms with E-state index in [4.69, 9.17) is 9.26 Å². The SMILES string of the molecule is COC(=O)c1ccccc1NC(=O)C1CCN(Cc2nc(-c3ccccc3)no2)CC1. The van der Waals surface area contributed by atoms with E-state index in [-0.39, 0.29) is 11.8 Å². The highest BCUT2D eigenvalue weighted by atomic mass is 16.5. The summed E-state index contributed by atoms with van der Waals surface area (Å²) < 4.78 is 10.2. The van der Waals surface area contributed by atoms with Gasteiger partial charge in [-0.25, -0.2) is 4.79 Å². The molecule has 160 valence electrons. The van der Waals surface area contributed by atoms with E-state index in [1.54, 1.807) is 24.3 Å². The lowest BCUT2D eigenvalue weighted by Crippen LogP contribution is -2.38. The van der Waals surface area contributed by atoms with Crippen molar-refractivity contribution in [2.75, 3.05) is 25.5 Å². The van der Waals surface area contributed by atoms with Crippen molar-refractivity contribution < 1.29 is 18.8 Å². The molecule has 8 heteroatoms. The van der Waals surface area contributed by atoms with Gasteiger partial charge < -0.3 is 14.6 Å². The van der Waals surface area contributed by atoms with Crippen LogP contribution in [0.1, 0.15) is 29.1 Å². The van der Waals surface area contributed by atoms with Crippen LogP contribution >= 0.6 is 0 Å². The van der Waals surface area contributed by atoms with E-state index in [2.05, 4.69) is 20.4 Å². The molecule has 31 heavy (non-hydrogen) atoms. The molecule has 1 fully saturated rings. The Hall–Kier alpha value is -3.52. The molecule has 0 spiro atoms. The van der Waals surface area contributed by atoms with Gasteiger partial charge in [0.05, 0.1) is 24.9 Å². The third-order valence-electron chi connectivity index (χ3n) is 5.41. The standard InChI is InChI=1S/C23H24N4O4/c1-30-23(29)18-9-5-6-10-19(18)24-22(28)17-11-13-27(14-12-17)15-20-25-21(26-31-20)16-7-3-2-4-8-16/h2-10,17H,11-15H2,1H3,(H,24,28). The molecule has 2 heterocycles. The zero-order valence-corrected chi connectivity index (χ0v) is 17.3. The number of para-hydroxylation sites is 1. The number of carbonyl (C=O) groups excluding carboxylic acids is 2. The minimum absolute atomic E-state index is 0.0832. The molecule has 1 aromatic heterocycles. The average Bonchev–Trinajstić information content (AvgIpc) is 3.28. The lowest BCUT2D eigenvalue weighted by atomic mass is 9.95. The van der Waals surface area contributed by atoms with Gasteiger partial charge in [0.1, 0.15) is 0 Å². The molecule has 0 saturated carbocycles. The second-order valence-corrected chi connectivity index (χ2v) is 7.45. The fourth-order valence-corrected chi connectivity index (χ4v) is 3.68. The fraction of sp³-hybridized carbons (Fsp3) is 0.304. The van der Waals surface area contributed by atoms with E-state index < -0.39 is 5.97 Å². The molecule has 1 aliphatic heterocycles. The first-order valence-electron chi connectivity index (χ1n) is 10.2. The molecule has 2 aromatic carbocycles. The van der Waals surface area contributed by atoms with Crippen molar-refractivity contribution in [1.29, 1.82) is 0 Å². The lowest BCUT2D eigenvalue weighted by molar-refractivity contribution is -0.121. The number of amides is 1. The molecule has 3 aromatic rings. The van der Waals surface area contributed by atoms with Crippen LogP contribution in [0.25, 0.3) is 11.4 Å². The number of methoxy groups -OCH3 is 1. The number of rotatable bonds is 6. The van der Waals surface area contributed by atoms with Crippen molar-refractivity contribution >= 4 is 17.6 Å². The van der Waals surface area contributed by atoms with Gasteiger partial charge in [0.25, 0.3) is 0 Å². The van der Waals surface area contributed by atoms with Crippen molar-refractivity contribution in [3.8, 4) is 11.4 Å². The molecule has 1 N–H and O–H groups in total. The van der Waals surface area contributed by atoms with E-state index in [0.717, 1.165) is 18.7 Å². The van der Waals surface area contributed by atoms with Crippen molar-refractivity contribution in [2.24, 2.45) is 5.92 Å². The largest absolute Gasteiger partial charge is 0.465 e. The molecular weight excluding hydrogens is 396 g/mol. The molecule has 1 amide bonds. The summed E-state index contributed by atoms with van der Waals surface area (Å²) in [7, 11) is 1.32. The fourth-order valence-electron chi connectivity index (χ4n) is 3.68. The number of benzene rings is 2. The minimum Gasteiger partial charge on any atom is -0.465 e. The number of hydrogen-bond donors (Lipinski definition) is 1. The zero-order chi connectivity index (χ0) is 21.6. The van der Waals surface area contributed by atoms with Crippen molar-refractivity contribution in [3.05, 3.63) is 66.1 Å². The van der Waals surface area contributed by atoms with Crippen molar-refractivity contribution in [2.45, 2.75) is 19.4 Å². The normalized spacial score (nSPS) is 14.9. The highest BCUT2D eigenvalue weighted by Gasteiger charge is 2.27. The highest BCUT2D eigenvalue weighted by Crippen LogP contribution is 2.23. The Labute approximate surface area is 180 Å². The van der Waals surface area contributed by atoms with Crippen LogP contribution in [0, 0.1) is 5.92 Å². The molecule has 4 rings (SSSR count). The highest BCUT2D eigenvalue weighted by molar-refractivity contribution is 6.01. The van der Waals surface area contributed by atoms with Crippen LogP contribution in [-0.2, 0) is 16.1 Å². The molecular formula is C23H24N4O4. The number of aromatic nitrogens is 2. The van der Waals surface area contributed by atoms with Gasteiger partial charge in [-0.2, -0.15) is 4.98 Å². The molecule has 0 bridgehead atoms. The number of nitrogens with one attached hydrogen (secondary N) is 1. The maximum atomic E-state index is 12.7. The Morgan fingerprint density at radius 1 is 1.10 bits per heavy atom. The van der Waals surface area contributed by atoms with Gasteiger partial charge in [-0.1, -0.05) is 47.6 Å². The number of esters is 1. The van der Waals surface area contributed by atoms with E-state index in [0.29, 0.717) is 42.4 Å². The lowest BCUT2D eigenvalue weighted by Gasteiger charge is -2.30. The van der Waals surface area contributed by atoms with Crippen LogP contribution in [-0.4, -0.2) is 47.1 Å². The topological polar surface area (TPSA) is 97.6 Å². The van der Waals surface area contributed by atoms with Crippen molar-refractivity contribution in [3.63, 3.8) is 0 Å². The predicted molar refractivity (Wildman–Crippen MR) is 114 cm³/mol. The minimum atomic E-state index is -0.472. The maximum absolute atomic E-state index is 12.7. The number of piperidine rings is 1. The summed E-state index contributed by atoms with van der Waals surface area (Å²) in [5, 5.41) is 6.94. The van der Waals surface area contributed by atoms with Crippen LogP contribution in [0.15, 0.2) is 59.1 Å². The Bertz CT molecular complexity index is 1040. The Kier molecular flexibility index (Phi) is 6.37. The Morgan fingerprint density at radius 3 is 2.55 bits per heavy atom. The van der Waals surface area contributed by atoms with Gasteiger partial charge in [-0.15, -0.1) is 0 Å². The average molecular weight is 420 g/mol. The summed E-state index contributed by atoms with van der Waals surface area (Å²) in [5.41, 5.74) is 1.74. The smallest absolute Gasteiger partial charge is 0.339 e. The summed E-state index contributed by atoms with van der Waals surface area (Å²) >= 11 is 0. The monoisotopic (exact) mass is 420 g/mol. The van der Waals surface area contributed by atoms with Gasteiger partial charge >= 0.3 is 5.97 Å². The van der Waals surface area contributed by atoms with E-state index >= 15 is 0 Å². The molecule has 1 saturated heterocycles. The number of nitrogens with zero attached hydrogens (tertiary/aromatic N) is 3. The van der Waals surface area contributed by atoms with Crippen LogP contribution in [0.4, 0.5) is 5.69 Å². The van der Waals surface area contributed by atoms with E-state index in [9.17, 15) is 9.59 Å². The first kappa shape index (κ1) is 20.7. The molecule has 0 unspecified atom stereocenters. The van der Waals surface area contributed by atoms with Crippen molar-refractivity contribution in [1.82, 2.24) is 15.0 Å². The Balaban J connectivity index is 1.31. The van der Waals surface area contributed by atoms with Gasteiger partial charge in [-0.05, 0) is 38.1 Å². The molecule has 0 aliphatic carbocycles. The van der Waals surface area contributed by atoms with Gasteiger partial charge in [0.15, 0.2) is 0 Å². The summed E-state index contributed by atoms with van der Waals surface area (Å²) in [5.74, 6) is 0.465. The van der Waals surface area contributed by atoms with Gasteiger partial charge in [-0.3, -0.25) is 9.69 Å². The van der Waals surface area contributed by atoms with Gasteiger partial charge in [0.2, 0.25) is 17.6 Å². The number of likely N-dealkylation sites (tertiary alicyclic amines) is 1. The predicted octanol–water partition coefficient (Wildman–Crippen LogP) is 3.37. The first-order valence-corrected chi connectivity index (χ1v) is 10.2. The molecule has 0 atom stereocenters. The van der Waals surface area contributed by atoms with Crippen LogP contribution in [0.2, 0.25) is 0 Å². The quantitative estimate of drug-likeness (QED) is 0.611. The van der Waals surface area contributed by atoms with Crippen LogP contribution in [0.5, 0.6) is 0 Å². The number of carbonyl (C=O) groups is 2. The van der Waals surface area contributed by atoms with Gasteiger partial charge in [0, 0.05) is 11.5 Å². The third kappa shape index (κ3) is 4.97. The van der Waals surface area contributed by atoms with E-state index in [1.165, 1.54) is 7.11 Å². The molecule has 1 aliphatic rings. The maximum Gasteiger partial charge on any atom is 0.339 e. The summed E-state index contributed by atoms with van der Waals surface area (Å²) in [6.07, 6.45) is 1.43. The second-order valence-electron chi connectivity index (χ2n) is 7.45. The Morgan fingerprint density at radius 2 is 1.81 bits per heavy atom. The van der Waals surface area contributed by atoms with Crippen LogP contribution in [0.3, 0.4) is 0 Å². The third-order valence-corrected chi connectivity index (χ3v) is 5.41. The number of anilines is 1. The number of hydrogen-bond acceptors (Lipinski definition) is 7. The first-order chi connectivity index (χ1) is 15.1. The molecule has 0 radical (unpaired) electrons. The second kappa shape index (κ2) is 9.53. The number of ether oxygens (including phenoxy) is 1. The van der Waals surface area contributed by atoms with E-state index in [1.807, 2.05) is 30.3 Å². The summed E-state index contributed by atoms with van der Waals surface area (Å²) in [4.78, 5) is 31.3.